The SMILES string of the molecule is O=C(O)CCCN1CCCNCC1. The van der Waals surface area contributed by atoms with Crippen molar-refractivity contribution < 1.29 is 9.90 Å². The molecule has 0 amide bonds. The van der Waals surface area contributed by atoms with E-state index in [4.69, 9.17) is 5.11 Å². The van der Waals surface area contributed by atoms with E-state index in [1.807, 2.05) is 0 Å². The number of rotatable bonds is 4. The number of hydrogen-bond acceptors (Lipinski definition) is 3. The second-order valence-corrected chi connectivity index (χ2v) is 3.44. The Bertz CT molecular complexity index is 154. The van der Waals surface area contributed by atoms with Gasteiger partial charge in [0.1, 0.15) is 0 Å². The predicted molar refractivity (Wildman–Crippen MR) is 50.8 cm³/mol. The lowest BCUT2D eigenvalue weighted by Crippen LogP contribution is -2.29. The number of aliphatic carboxylic acids is 1. The molecule has 76 valence electrons. The second kappa shape index (κ2) is 5.94. The molecule has 1 saturated heterocycles. The largest absolute Gasteiger partial charge is 0.481 e. The molecule has 13 heavy (non-hydrogen) atoms. The molecule has 4 heteroatoms. The summed E-state index contributed by atoms with van der Waals surface area (Å²) in [5.41, 5.74) is 0. The maximum Gasteiger partial charge on any atom is 0.303 e. The van der Waals surface area contributed by atoms with Gasteiger partial charge in [-0.25, -0.2) is 0 Å². The average molecular weight is 186 g/mol. The van der Waals surface area contributed by atoms with Crippen LogP contribution in [0.4, 0.5) is 0 Å². The summed E-state index contributed by atoms with van der Waals surface area (Å²) in [6, 6.07) is 0. The molecule has 1 aliphatic heterocycles. The molecular weight excluding hydrogens is 168 g/mol. The summed E-state index contributed by atoms with van der Waals surface area (Å²) in [7, 11) is 0. The molecule has 0 aromatic carbocycles. The fraction of sp³-hybridized carbons (Fsp3) is 0.889. The van der Waals surface area contributed by atoms with E-state index in [9.17, 15) is 4.79 Å². The molecule has 0 saturated carbocycles. The Hall–Kier alpha value is -0.610. The minimum atomic E-state index is -0.687. The zero-order valence-corrected chi connectivity index (χ0v) is 7.96. The van der Waals surface area contributed by atoms with Gasteiger partial charge in [0.25, 0.3) is 0 Å². The minimum Gasteiger partial charge on any atom is -0.481 e. The molecule has 0 radical (unpaired) electrons. The summed E-state index contributed by atoms with van der Waals surface area (Å²) in [4.78, 5) is 12.6. The van der Waals surface area contributed by atoms with Gasteiger partial charge in [-0.05, 0) is 32.5 Å². The maximum absolute atomic E-state index is 10.3. The molecule has 0 aliphatic carbocycles. The molecule has 0 bridgehead atoms. The van der Waals surface area contributed by atoms with Crippen LogP contribution < -0.4 is 5.32 Å². The molecule has 1 heterocycles. The van der Waals surface area contributed by atoms with Gasteiger partial charge in [0, 0.05) is 19.5 Å². The van der Waals surface area contributed by atoms with E-state index >= 15 is 0 Å². The monoisotopic (exact) mass is 186 g/mol. The van der Waals surface area contributed by atoms with Gasteiger partial charge in [-0.2, -0.15) is 0 Å². The first-order chi connectivity index (χ1) is 6.29. The Morgan fingerprint density at radius 1 is 1.38 bits per heavy atom. The number of hydrogen-bond donors (Lipinski definition) is 2. The van der Waals surface area contributed by atoms with Crippen LogP contribution in [0.25, 0.3) is 0 Å². The summed E-state index contributed by atoms with van der Waals surface area (Å²) >= 11 is 0. The highest BCUT2D eigenvalue weighted by Gasteiger charge is 2.08. The minimum absolute atomic E-state index is 0.296. The predicted octanol–water partition coefficient (Wildman–Crippen LogP) is 0.147. The van der Waals surface area contributed by atoms with Crippen LogP contribution in [0.15, 0.2) is 0 Å². The van der Waals surface area contributed by atoms with E-state index in [2.05, 4.69) is 10.2 Å². The van der Waals surface area contributed by atoms with Gasteiger partial charge in [-0.1, -0.05) is 0 Å². The molecule has 0 atom stereocenters. The van der Waals surface area contributed by atoms with E-state index in [0.29, 0.717) is 6.42 Å². The van der Waals surface area contributed by atoms with E-state index in [1.165, 1.54) is 6.42 Å². The first-order valence-corrected chi connectivity index (χ1v) is 4.94. The number of nitrogens with one attached hydrogen (secondary N) is 1. The van der Waals surface area contributed by atoms with Gasteiger partial charge in [0.05, 0.1) is 0 Å². The number of carboxylic acid groups (broad SMARTS) is 1. The van der Waals surface area contributed by atoms with Gasteiger partial charge in [0.2, 0.25) is 0 Å². The van der Waals surface area contributed by atoms with Crippen LogP contribution in [0.1, 0.15) is 19.3 Å². The molecular formula is C9H18N2O2. The Morgan fingerprint density at radius 2 is 2.23 bits per heavy atom. The Morgan fingerprint density at radius 3 is 3.00 bits per heavy atom. The van der Waals surface area contributed by atoms with Crippen LogP contribution >= 0.6 is 0 Å². The maximum atomic E-state index is 10.3. The van der Waals surface area contributed by atoms with E-state index in [1.54, 1.807) is 0 Å². The van der Waals surface area contributed by atoms with Crippen LogP contribution in [-0.4, -0.2) is 48.7 Å². The van der Waals surface area contributed by atoms with Crippen molar-refractivity contribution in [3.05, 3.63) is 0 Å². The first-order valence-electron chi connectivity index (χ1n) is 4.94. The second-order valence-electron chi connectivity index (χ2n) is 3.44. The van der Waals surface area contributed by atoms with Gasteiger partial charge in [-0.15, -0.1) is 0 Å². The summed E-state index contributed by atoms with van der Waals surface area (Å²) in [6.07, 6.45) is 2.24. The van der Waals surface area contributed by atoms with E-state index < -0.39 is 5.97 Å². The molecule has 1 aliphatic rings. The van der Waals surface area contributed by atoms with Crippen molar-refractivity contribution >= 4 is 5.97 Å². The fourth-order valence-corrected chi connectivity index (χ4v) is 1.58. The van der Waals surface area contributed by atoms with Crippen molar-refractivity contribution in [2.75, 3.05) is 32.7 Å². The standard InChI is InChI=1S/C9H18N2O2/c12-9(13)3-1-6-11-7-2-4-10-5-8-11/h10H,1-8H2,(H,12,13). The molecule has 0 aromatic rings. The van der Waals surface area contributed by atoms with Crippen LogP contribution in [0.2, 0.25) is 0 Å². The van der Waals surface area contributed by atoms with Crippen molar-refractivity contribution in [3.8, 4) is 0 Å². The lowest BCUT2D eigenvalue weighted by molar-refractivity contribution is -0.137. The van der Waals surface area contributed by atoms with Crippen molar-refractivity contribution in [2.24, 2.45) is 0 Å². The van der Waals surface area contributed by atoms with Crippen molar-refractivity contribution in [1.29, 1.82) is 0 Å². The van der Waals surface area contributed by atoms with Crippen LogP contribution in [-0.2, 0) is 4.79 Å². The summed E-state index contributed by atoms with van der Waals surface area (Å²) in [6.45, 7) is 5.21. The fourth-order valence-electron chi connectivity index (χ4n) is 1.58. The lowest BCUT2D eigenvalue weighted by Gasteiger charge is -2.18. The van der Waals surface area contributed by atoms with Crippen molar-refractivity contribution in [2.45, 2.75) is 19.3 Å². The quantitative estimate of drug-likeness (QED) is 0.656. The number of carbonyl (C=O) groups is 1. The molecule has 1 rings (SSSR count). The summed E-state index contributed by atoms with van der Waals surface area (Å²) < 4.78 is 0. The van der Waals surface area contributed by atoms with Crippen molar-refractivity contribution in [1.82, 2.24) is 10.2 Å². The number of nitrogens with zero attached hydrogens (tertiary/aromatic N) is 1. The lowest BCUT2D eigenvalue weighted by atomic mass is 10.3. The average Bonchev–Trinajstić information content (AvgIpc) is 2.32. The van der Waals surface area contributed by atoms with Gasteiger partial charge in [0.15, 0.2) is 0 Å². The Kier molecular flexibility index (Phi) is 4.78. The third kappa shape index (κ3) is 4.85. The zero-order chi connectivity index (χ0) is 9.52. The third-order valence-electron chi connectivity index (χ3n) is 2.30. The molecule has 0 aromatic heterocycles. The summed E-state index contributed by atoms with van der Waals surface area (Å²) in [5, 5.41) is 11.8. The third-order valence-corrected chi connectivity index (χ3v) is 2.30. The number of carboxylic acids is 1. The smallest absolute Gasteiger partial charge is 0.303 e. The highest BCUT2D eigenvalue weighted by atomic mass is 16.4. The molecule has 4 nitrogen and oxygen atoms in total. The Balaban J connectivity index is 2.08. The Labute approximate surface area is 78.9 Å². The molecule has 0 spiro atoms. The van der Waals surface area contributed by atoms with Crippen LogP contribution in [0.3, 0.4) is 0 Å². The van der Waals surface area contributed by atoms with E-state index in [-0.39, 0.29) is 0 Å². The highest BCUT2D eigenvalue weighted by molar-refractivity contribution is 5.66. The molecule has 0 unspecified atom stereocenters. The van der Waals surface area contributed by atoms with E-state index in [0.717, 1.165) is 39.1 Å². The summed E-state index contributed by atoms with van der Waals surface area (Å²) in [5.74, 6) is -0.687. The highest BCUT2D eigenvalue weighted by Crippen LogP contribution is 1.98. The molecule has 1 fully saturated rings. The molecule has 2 N–H and O–H groups in total. The van der Waals surface area contributed by atoms with Crippen LogP contribution in [0.5, 0.6) is 0 Å². The zero-order valence-electron chi connectivity index (χ0n) is 7.96. The van der Waals surface area contributed by atoms with Gasteiger partial charge in [-0.3, -0.25) is 4.79 Å². The van der Waals surface area contributed by atoms with Gasteiger partial charge < -0.3 is 15.3 Å². The van der Waals surface area contributed by atoms with Gasteiger partial charge >= 0.3 is 5.97 Å². The normalized spacial score (nSPS) is 19.7. The van der Waals surface area contributed by atoms with Crippen LogP contribution in [0, 0.1) is 0 Å². The topological polar surface area (TPSA) is 52.6 Å². The van der Waals surface area contributed by atoms with Crippen molar-refractivity contribution in [3.63, 3.8) is 0 Å². The first kappa shape index (κ1) is 10.5.